The monoisotopic (exact) mass is 438 g/mol. The van der Waals surface area contributed by atoms with Crippen LogP contribution in [0.2, 0.25) is 0 Å². The highest BCUT2D eigenvalue weighted by molar-refractivity contribution is 7.12. The largest absolute Gasteiger partial charge is 0.497 e. The zero-order valence-electron chi connectivity index (χ0n) is 17.2. The fourth-order valence-electron chi connectivity index (χ4n) is 4.90. The van der Waals surface area contributed by atoms with E-state index in [0.29, 0.717) is 10.5 Å². The number of thiophene rings is 1. The van der Waals surface area contributed by atoms with Gasteiger partial charge in [-0.1, -0.05) is 36.4 Å². The molecular weight excluding hydrogens is 420 g/mol. The second-order valence-electron chi connectivity index (χ2n) is 7.76. The Hall–Kier alpha value is -3.90. The van der Waals surface area contributed by atoms with Gasteiger partial charge in [0.15, 0.2) is 5.54 Å². The second-order valence-corrected chi connectivity index (χ2v) is 8.71. The smallest absolute Gasteiger partial charge is 0.260 e. The Morgan fingerprint density at radius 2 is 1.81 bits per heavy atom. The molecule has 6 rings (SSSR count). The lowest BCUT2D eigenvalue weighted by molar-refractivity contribution is -0.120. The summed E-state index contributed by atoms with van der Waals surface area (Å²) in [5, 5.41) is 4.90. The molecule has 1 atom stereocenters. The Bertz CT molecular complexity index is 1410. The summed E-state index contributed by atoms with van der Waals surface area (Å²) in [5.74, 6) is 0.369. The van der Waals surface area contributed by atoms with E-state index < -0.39 is 5.54 Å². The molecule has 2 aliphatic rings. The van der Waals surface area contributed by atoms with Crippen molar-refractivity contribution in [2.24, 2.45) is 0 Å². The van der Waals surface area contributed by atoms with Gasteiger partial charge in [-0.25, -0.2) is 0 Å². The molecule has 156 valence electrons. The number of fused-ring (bicyclic) bond motifs is 4. The van der Waals surface area contributed by atoms with Crippen LogP contribution in [-0.2, 0) is 10.3 Å². The number of Topliss-reactive ketones (excluding diaryl/α,β-unsaturated/α-hetero) is 1. The van der Waals surface area contributed by atoms with Crippen molar-refractivity contribution in [1.82, 2.24) is 4.57 Å². The van der Waals surface area contributed by atoms with Crippen molar-refractivity contribution in [3.8, 4) is 5.75 Å². The number of nitrogens with one attached hydrogen (secondary N) is 1. The topological polar surface area (TPSA) is 60.3 Å². The van der Waals surface area contributed by atoms with E-state index in [1.54, 1.807) is 7.11 Å². The molecule has 0 saturated heterocycles. The number of methoxy groups -OCH3 is 1. The molecule has 1 N–H and O–H groups in total. The zero-order valence-corrected chi connectivity index (χ0v) is 18.0. The number of hydrogen-bond donors (Lipinski definition) is 1. The molecule has 4 heterocycles. The van der Waals surface area contributed by atoms with Crippen LogP contribution < -0.4 is 10.1 Å². The predicted octanol–water partition coefficient (Wildman–Crippen LogP) is 4.95. The first-order valence-electron chi connectivity index (χ1n) is 10.2. The van der Waals surface area contributed by atoms with Gasteiger partial charge in [0, 0.05) is 23.0 Å². The van der Waals surface area contributed by atoms with Crippen molar-refractivity contribution in [1.29, 1.82) is 0 Å². The van der Waals surface area contributed by atoms with Crippen LogP contribution in [0.15, 0.2) is 89.9 Å². The number of carbonyl (C=O) groups excluding carboxylic acids is 2. The number of rotatable bonds is 4. The molecule has 0 fully saturated rings. The molecule has 0 saturated carbocycles. The maximum atomic E-state index is 14.0. The third-order valence-electron chi connectivity index (χ3n) is 6.22. The van der Waals surface area contributed by atoms with E-state index in [1.165, 1.54) is 11.3 Å². The average Bonchev–Trinajstić information content (AvgIpc) is 3.59. The first-order valence-corrected chi connectivity index (χ1v) is 11.1. The summed E-state index contributed by atoms with van der Waals surface area (Å²) >= 11 is 1.38. The Morgan fingerprint density at radius 1 is 1.00 bits per heavy atom. The summed E-state index contributed by atoms with van der Waals surface area (Å²) < 4.78 is 7.26. The number of ketones is 1. The minimum atomic E-state index is -1.26. The van der Waals surface area contributed by atoms with Crippen LogP contribution in [0.4, 0.5) is 5.69 Å². The molecular formula is C26H18N2O3S. The van der Waals surface area contributed by atoms with Crippen LogP contribution >= 0.6 is 11.3 Å². The lowest BCUT2D eigenvalue weighted by atomic mass is 9.79. The summed E-state index contributed by atoms with van der Waals surface area (Å²) in [7, 11) is 1.62. The number of anilines is 1. The summed E-state index contributed by atoms with van der Waals surface area (Å²) in [4.78, 5) is 28.4. The lowest BCUT2D eigenvalue weighted by Crippen LogP contribution is -2.43. The molecule has 0 aliphatic carbocycles. The zero-order chi connectivity index (χ0) is 21.9. The van der Waals surface area contributed by atoms with Crippen molar-refractivity contribution in [3.05, 3.63) is 112 Å². The van der Waals surface area contributed by atoms with Gasteiger partial charge in [-0.2, -0.15) is 0 Å². The standard InChI is InChI=1S/C26H18N2O3S/c1-31-17-12-10-16(11-13-17)22-20-8-4-14-28(20)26(23(22)24(29)21-9-5-15-32-21)18-6-2-3-7-19(18)27-25(26)30/h2-15H,1H3,(H,27,30). The molecule has 1 unspecified atom stereocenters. The van der Waals surface area contributed by atoms with Gasteiger partial charge in [0.25, 0.3) is 5.91 Å². The normalized spacial score (nSPS) is 18.6. The molecule has 2 aromatic carbocycles. The lowest BCUT2D eigenvalue weighted by Gasteiger charge is -2.28. The van der Waals surface area contributed by atoms with E-state index in [9.17, 15) is 9.59 Å². The highest BCUT2D eigenvalue weighted by Crippen LogP contribution is 2.54. The van der Waals surface area contributed by atoms with E-state index in [0.717, 1.165) is 33.8 Å². The van der Waals surface area contributed by atoms with Crippen molar-refractivity contribution in [2.45, 2.75) is 5.54 Å². The highest BCUT2D eigenvalue weighted by Gasteiger charge is 2.58. The number of carbonyl (C=O) groups is 2. The number of hydrogen-bond acceptors (Lipinski definition) is 4. The average molecular weight is 439 g/mol. The summed E-state index contributed by atoms with van der Waals surface area (Å²) in [6, 6.07) is 22.8. The number of benzene rings is 2. The Kier molecular flexibility index (Phi) is 4.00. The Balaban J connectivity index is 1.72. The molecule has 2 aliphatic heterocycles. The molecule has 6 heteroatoms. The van der Waals surface area contributed by atoms with Gasteiger partial charge in [0.1, 0.15) is 5.75 Å². The van der Waals surface area contributed by atoms with Crippen molar-refractivity contribution >= 4 is 34.3 Å². The van der Waals surface area contributed by atoms with Gasteiger partial charge in [-0.05, 0) is 47.3 Å². The quantitative estimate of drug-likeness (QED) is 0.459. The SMILES string of the molecule is COc1ccc(C2=C(C(=O)c3cccs3)C3(C(=O)Nc4ccccc43)n3cccc32)cc1. The van der Waals surface area contributed by atoms with Gasteiger partial charge in [-0.3, -0.25) is 9.59 Å². The van der Waals surface area contributed by atoms with Crippen molar-refractivity contribution in [2.75, 3.05) is 12.4 Å². The minimum absolute atomic E-state index is 0.138. The van der Waals surface area contributed by atoms with Crippen LogP contribution in [0.5, 0.6) is 5.75 Å². The second kappa shape index (κ2) is 6.80. The number of para-hydroxylation sites is 1. The van der Waals surface area contributed by atoms with Crippen molar-refractivity contribution in [3.63, 3.8) is 0 Å². The van der Waals surface area contributed by atoms with Gasteiger partial charge < -0.3 is 14.6 Å². The first kappa shape index (κ1) is 18.8. The van der Waals surface area contributed by atoms with E-state index in [4.69, 9.17) is 4.74 Å². The minimum Gasteiger partial charge on any atom is -0.497 e. The third kappa shape index (κ3) is 2.32. The van der Waals surface area contributed by atoms with Crippen LogP contribution in [0, 0.1) is 0 Å². The summed E-state index contributed by atoms with van der Waals surface area (Å²) in [6.07, 6.45) is 1.88. The van der Waals surface area contributed by atoms with Gasteiger partial charge in [-0.15, -0.1) is 11.3 Å². The number of amides is 1. The van der Waals surface area contributed by atoms with Crippen LogP contribution in [0.25, 0.3) is 5.57 Å². The van der Waals surface area contributed by atoms with E-state index in [1.807, 2.05) is 88.9 Å². The van der Waals surface area contributed by atoms with Crippen LogP contribution in [0.3, 0.4) is 0 Å². The van der Waals surface area contributed by atoms with Gasteiger partial charge in [0.05, 0.1) is 23.3 Å². The molecule has 4 aromatic rings. The van der Waals surface area contributed by atoms with Crippen molar-refractivity contribution < 1.29 is 14.3 Å². The maximum Gasteiger partial charge on any atom is 0.260 e. The van der Waals surface area contributed by atoms with E-state index >= 15 is 0 Å². The molecule has 1 amide bonds. The fraction of sp³-hybridized carbons (Fsp3) is 0.0769. The first-order chi connectivity index (χ1) is 15.7. The van der Waals surface area contributed by atoms with Crippen LogP contribution in [-0.4, -0.2) is 23.4 Å². The molecule has 5 nitrogen and oxygen atoms in total. The van der Waals surface area contributed by atoms with E-state index in [-0.39, 0.29) is 11.7 Å². The Labute approximate surface area is 188 Å². The molecule has 2 aromatic heterocycles. The predicted molar refractivity (Wildman–Crippen MR) is 124 cm³/mol. The molecule has 1 spiro atoms. The van der Waals surface area contributed by atoms with E-state index in [2.05, 4.69) is 5.32 Å². The highest BCUT2D eigenvalue weighted by atomic mass is 32.1. The third-order valence-corrected chi connectivity index (χ3v) is 7.09. The van der Waals surface area contributed by atoms with Gasteiger partial charge in [0.2, 0.25) is 5.78 Å². The molecule has 0 radical (unpaired) electrons. The fourth-order valence-corrected chi connectivity index (χ4v) is 5.57. The summed E-state index contributed by atoms with van der Waals surface area (Å²) in [5.41, 5.74) is 3.19. The number of aromatic nitrogens is 1. The molecule has 32 heavy (non-hydrogen) atoms. The Morgan fingerprint density at radius 3 is 2.56 bits per heavy atom. The number of ether oxygens (including phenoxy) is 1. The number of nitrogens with zero attached hydrogens (tertiary/aromatic N) is 1. The van der Waals surface area contributed by atoms with Gasteiger partial charge >= 0.3 is 0 Å². The maximum absolute atomic E-state index is 14.0. The molecule has 0 bridgehead atoms. The summed E-state index contributed by atoms with van der Waals surface area (Å²) in [6.45, 7) is 0. The van der Waals surface area contributed by atoms with Crippen LogP contribution in [0.1, 0.15) is 26.5 Å².